The summed E-state index contributed by atoms with van der Waals surface area (Å²) < 4.78 is 0. The summed E-state index contributed by atoms with van der Waals surface area (Å²) in [6.07, 6.45) is 10.3. The van der Waals surface area contributed by atoms with E-state index in [0.29, 0.717) is 0 Å². The van der Waals surface area contributed by atoms with Crippen molar-refractivity contribution in [1.82, 2.24) is 0 Å². The molecule has 0 heterocycles. The highest BCUT2D eigenvalue weighted by Gasteiger charge is 2.09. The molecule has 0 fully saturated rings. The Bertz CT molecular complexity index is 376. The molecule has 1 aliphatic rings. The number of rotatable bonds is 3. The Hall–Kier alpha value is -1.34. The number of aliphatic hydroxyl groups is 1. The number of hydrogen-bond donors (Lipinski definition) is 1. The molecule has 0 radical (unpaired) electrons. The maximum absolute atomic E-state index is 9.98. The molecule has 0 saturated heterocycles. The Morgan fingerprint density at radius 3 is 2.62 bits per heavy atom. The van der Waals surface area contributed by atoms with Crippen molar-refractivity contribution in [3.63, 3.8) is 0 Å². The molecular weight excluding hydrogens is 196 g/mol. The molecule has 0 spiro atoms. The lowest BCUT2D eigenvalue weighted by Crippen LogP contribution is -2.08. The van der Waals surface area contributed by atoms with Gasteiger partial charge in [0.15, 0.2) is 0 Å². The number of aliphatic hydroxyl groups excluding tert-OH is 1. The van der Waals surface area contributed by atoms with Gasteiger partial charge in [0.1, 0.15) is 0 Å². The lowest BCUT2D eigenvalue weighted by Gasteiger charge is -2.15. The molecule has 0 saturated carbocycles. The van der Waals surface area contributed by atoms with Crippen LogP contribution in [0.2, 0.25) is 0 Å². The van der Waals surface area contributed by atoms with Gasteiger partial charge in [-0.15, -0.1) is 0 Å². The van der Waals surface area contributed by atoms with Crippen molar-refractivity contribution in [2.75, 3.05) is 0 Å². The second kappa shape index (κ2) is 5.66. The third-order valence-electron chi connectivity index (χ3n) is 2.98. The third-order valence-corrected chi connectivity index (χ3v) is 2.98. The van der Waals surface area contributed by atoms with Gasteiger partial charge in [-0.2, -0.15) is 0 Å². The molecule has 0 aliphatic heterocycles. The Morgan fingerprint density at radius 2 is 1.94 bits per heavy atom. The number of allylic oxidation sites excluding steroid dienone is 1. The standard InChI is InChI=1S/C15H18O/c16-15(14-9-5-2-6-10-14)12-11-13-7-3-1-4-8-13/h1,3-4,7-9,11-12,15-16H,2,5-6,10H2/b12-11+. The first-order valence-corrected chi connectivity index (χ1v) is 5.96. The van der Waals surface area contributed by atoms with Crippen LogP contribution in [0.15, 0.2) is 48.1 Å². The van der Waals surface area contributed by atoms with E-state index in [1.54, 1.807) is 0 Å². The summed E-state index contributed by atoms with van der Waals surface area (Å²) in [5, 5.41) is 9.98. The van der Waals surface area contributed by atoms with Crippen LogP contribution in [-0.2, 0) is 0 Å². The van der Waals surface area contributed by atoms with Gasteiger partial charge in [-0.05, 0) is 36.8 Å². The average Bonchev–Trinajstić information content (AvgIpc) is 2.38. The highest BCUT2D eigenvalue weighted by molar-refractivity contribution is 5.50. The fourth-order valence-electron chi connectivity index (χ4n) is 2.02. The summed E-state index contributed by atoms with van der Waals surface area (Å²) in [5.41, 5.74) is 2.32. The molecule has 1 atom stereocenters. The van der Waals surface area contributed by atoms with E-state index in [9.17, 15) is 5.11 Å². The van der Waals surface area contributed by atoms with Gasteiger partial charge in [-0.25, -0.2) is 0 Å². The second-order valence-corrected chi connectivity index (χ2v) is 4.24. The van der Waals surface area contributed by atoms with E-state index in [0.717, 1.165) is 18.4 Å². The Kier molecular flexibility index (Phi) is 3.95. The zero-order chi connectivity index (χ0) is 11.2. The largest absolute Gasteiger partial charge is 0.385 e. The van der Waals surface area contributed by atoms with E-state index in [1.807, 2.05) is 42.5 Å². The summed E-state index contributed by atoms with van der Waals surface area (Å²) in [7, 11) is 0. The maximum Gasteiger partial charge on any atom is 0.0935 e. The molecule has 84 valence electrons. The van der Waals surface area contributed by atoms with Crippen molar-refractivity contribution >= 4 is 6.08 Å². The van der Waals surface area contributed by atoms with Crippen LogP contribution in [0.25, 0.3) is 6.08 Å². The first-order valence-electron chi connectivity index (χ1n) is 5.96. The zero-order valence-corrected chi connectivity index (χ0v) is 9.47. The molecule has 1 unspecified atom stereocenters. The van der Waals surface area contributed by atoms with E-state index in [2.05, 4.69) is 6.08 Å². The van der Waals surface area contributed by atoms with Gasteiger partial charge in [-0.1, -0.05) is 48.6 Å². The van der Waals surface area contributed by atoms with E-state index < -0.39 is 6.10 Å². The molecule has 1 aromatic carbocycles. The van der Waals surface area contributed by atoms with Crippen molar-refractivity contribution in [1.29, 1.82) is 0 Å². The summed E-state index contributed by atoms with van der Waals surface area (Å²) >= 11 is 0. The summed E-state index contributed by atoms with van der Waals surface area (Å²) in [6, 6.07) is 10.1. The monoisotopic (exact) mass is 214 g/mol. The summed E-state index contributed by atoms with van der Waals surface area (Å²) in [4.78, 5) is 0. The van der Waals surface area contributed by atoms with Gasteiger partial charge in [-0.3, -0.25) is 0 Å². The van der Waals surface area contributed by atoms with Crippen molar-refractivity contribution in [3.05, 3.63) is 53.6 Å². The van der Waals surface area contributed by atoms with E-state index in [4.69, 9.17) is 0 Å². The van der Waals surface area contributed by atoms with Crippen molar-refractivity contribution in [2.45, 2.75) is 31.8 Å². The molecule has 1 N–H and O–H groups in total. The zero-order valence-electron chi connectivity index (χ0n) is 9.47. The predicted molar refractivity (Wildman–Crippen MR) is 68.0 cm³/mol. The highest BCUT2D eigenvalue weighted by Crippen LogP contribution is 2.21. The Morgan fingerprint density at radius 1 is 1.12 bits per heavy atom. The van der Waals surface area contributed by atoms with E-state index in [-0.39, 0.29) is 0 Å². The van der Waals surface area contributed by atoms with Crippen LogP contribution in [0.4, 0.5) is 0 Å². The van der Waals surface area contributed by atoms with Gasteiger partial charge in [0.25, 0.3) is 0 Å². The minimum Gasteiger partial charge on any atom is -0.385 e. The average molecular weight is 214 g/mol. The lowest BCUT2D eigenvalue weighted by atomic mass is 9.95. The molecule has 1 heteroatoms. The van der Waals surface area contributed by atoms with Crippen LogP contribution >= 0.6 is 0 Å². The van der Waals surface area contributed by atoms with Gasteiger partial charge < -0.3 is 5.11 Å². The maximum atomic E-state index is 9.98. The smallest absolute Gasteiger partial charge is 0.0935 e. The Labute approximate surface area is 97.1 Å². The fourth-order valence-corrected chi connectivity index (χ4v) is 2.02. The van der Waals surface area contributed by atoms with Crippen LogP contribution in [0.1, 0.15) is 31.2 Å². The molecule has 0 amide bonds. The van der Waals surface area contributed by atoms with Crippen LogP contribution < -0.4 is 0 Å². The van der Waals surface area contributed by atoms with Gasteiger partial charge in [0, 0.05) is 0 Å². The molecule has 0 aromatic heterocycles. The van der Waals surface area contributed by atoms with Crippen LogP contribution in [0, 0.1) is 0 Å². The first kappa shape index (κ1) is 11.2. The molecule has 1 aliphatic carbocycles. The second-order valence-electron chi connectivity index (χ2n) is 4.24. The number of hydrogen-bond acceptors (Lipinski definition) is 1. The minimum atomic E-state index is -0.402. The van der Waals surface area contributed by atoms with Crippen LogP contribution in [0.3, 0.4) is 0 Å². The van der Waals surface area contributed by atoms with Crippen LogP contribution in [-0.4, -0.2) is 11.2 Å². The molecular formula is C15H18O. The normalized spacial score (nSPS) is 18.4. The fraction of sp³-hybridized carbons (Fsp3) is 0.333. The minimum absolute atomic E-state index is 0.402. The molecule has 0 bridgehead atoms. The molecule has 1 nitrogen and oxygen atoms in total. The van der Waals surface area contributed by atoms with Gasteiger partial charge in [0.2, 0.25) is 0 Å². The van der Waals surface area contributed by atoms with Crippen LogP contribution in [0.5, 0.6) is 0 Å². The quantitative estimate of drug-likeness (QED) is 0.763. The van der Waals surface area contributed by atoms with Gasteiger partial charge >= 0.3 is 0 Å². The van der Waals surface area contributed by atoms with E-state index >= 15 is 0 Å². The molecule has 2 rings (SSSR count). The topological polar surface area (TPSA) is 20.2 Å². The SMILES string of the molecule is OC(/C=C/c1ccccc1)C1=CCCCC1. The van der Waals surface area contributed by atoms with Crippen molar-refractivity contribution in [3.8, 4) is 0 Å². The summed E-state index contributed by atoms with van der Waals surface area (Å²) in [5.74, 6) is 0. The highest BCUT2D eigenvalue weighted by atomic mass is 16.3. The lowest BCUT2D eigenvalue weighted by molar-refractivity contribution is 0.252. The molecule has 16 heavy (non-hydrogen) atoms. The van der Waals surface area contributed by atoms with Crippen molar-refractivity contribution in [2.24, 2.45) is 0 Å². The third kappa shape index (κ3) is 3.07. The predicted octanol–water partition coefficient (Wildman–Crippen LogP) is 3.56. The number of benzene rings is 1. The molecule has 1 aromatic rings. The Balaban J connectivity index is 1.99. The van der Waals surface area contributed by atoms with E-state index in [1.165, 1.54) is 18.4 Å². The van der Waals surface area contributed by atoms with Crippen molar-refractivity contribution < 1.29 is 5.11 Å². The summed E-state index contributed by atoms with van der Waals surface area (Å²) in [6.45, 7) is 0. The first-order chi connectivity index (χ1) is 7.86. The van der Waals surface area contributed by atoms with Gasteiger partial charge in [0.05, 0.1) is 6.10 Å².